The Balaban J connectivity index is 2.64. The van der Waals surface area contributed by atoms with E-state index in [1.54, 1.807) is 23.5 Å². The van der Waals surface area contributed by atoms with Gasteiger partial charge in [-0.25, -0.2) is 4.79 Å². The molecule has 3 nitrogen and oxygen atoms in total. The van der Waals surface area contributed by atoms with E-state index < -0.39 is 0 Å². The van der Waals surface area contributed by atoms with Crippen LogP contribution in [0.1, 0.15) is 10.4 Å². The molecule has 0 aliphatic carbocycles. The predicted molar refractivity (Wildman–Crippen MR) is 57.6 cm³/mol. The van der Waals surface area contributed by atoms with Gasteiger partial charge in [0, 0.05) is 15.8 Å². The fourth-order valence-corrected chi connectivity index (χ4v) is 2.19. The average Bonchev–Trinajstić information content (AvgIpc) is 2.64. The Bertz CT molecular complexity index is 490. The molecule has 0 aliphatic heterocycles. The molecule has 2 aromatic rings. The molecule has 2 N–H and O–H groups in total. The van der Waals surface area contributed by atoms with Gasteiger partial charge in [-0.05, 0) is 23.6 Å². The van der Waals surface area contributed by atoms with E-state index in [1.165, 1.54) is 7.11 Å². The van der Waals surface area contributed by atoms with E-state index in [4.69, 9.17) is 5.73 Å². The second kappa shape index (κ2) is 3.31. The minimum absolute atomic E-state index is 0.355. The number of carbonyl (C=O) groups excluding carboxylic acids is 1. The van der Waals surface area contributed by atoms with E-state index in [9.17, 15) is 4.79 Å². The van der Waals surface area contributed by atoms with Crippen LogP contribution in [0.25, 0.3) is 10.1 Å². The van der Waals surface area contributed by atoms with Crippen LogP contribution in [-0.2, 0) is 4.74 Å². The average molecular weight is 207 g/mol. The predicted octanol–water partition coefficient (Wildman–Crippen LogP) is 2.27. The molecule has 0 atom stereocenters. The molecule has 0 fully saturated rings. The number of rotatable bonds is 1. The highest BCUT2D eigenvalue weighted by molar-refractivity contribution is 7.17. The molecule has 0 saturated carbocycles. The lowest BCUT2D eigenvalue weighted by Gasteiger charge is -2.01. The number of thiophene rings is 1. The van der Waals surface area contributed by atoms with Crippen molar-refractivity contribution in [2.24, 2.45) is 0 Å². The second-order valence-electron chi connectivity index (χ2n) is 2.89. The Morgan fingerprint density at radius 1 is 1.50 bits per heavy atom. The molecule has 14 heavy (non-hydrogen) atoms. The van der Waals surface area contributed by atoms with E-state index in [0.29, 0.717) is 11.3 Å². The van der Waals surface area contributed by atoms with Gasteiger partial charge in [-0.1, -0.05) is 0 Å². The topological polar surface area (TPSA) is 52.3 Å². The SMILES string of the molecule is COC(=O)c1cc(N)c2ccsc2c1. The van der Waals surface area contributed by atoms with Gasteiger partial charge in [0.15, 0.2) is 0 Å². The van der Waals surface area contributed by atoms with Gasteiger partial charge in [0.25, 0.3) is 0 Å². The number of hydrogen-bond acceptors (Lipinski definition) is 4. The van der Waals surface area contributed by atoms with Gasteiger partial charge in [0.05, 0.1) is 12.7 Å². The third kappa shape index (κ3) is 1.33. The minimum atomic E-state index is -0.355. The zero-order chi connectivity index (χ0) is 10.1. The van der Waals surface area contributed by atoms with Gasteiger partial charge >= 0.3 is 5.97 Å². The van der Waals surface area contributed by atoms with E-state index in [2.05, 4.69) is 4.74 Å². The highest BCUT2D eigenvalue weighted by atomic mass is 32.1. The van der Waals surface area contributed by atoms with E-state index >= 15 is 0 Å². The molecule has 0 spiro atoms. The number of nitrogens with two attached hydrogens (primary N) is 1. The lowest BCUT2D eigenvalue weighted by Crippen LogP contribution is -2.01. The molecule has 1 aromatic heterocycles. The third-order valence-corrected chi connectivity index (χ3v) is 2.89. The zero-order valence-electron chi connectivity index (χ0n) is 7.61. The maximum atomic E-state index is 11.3. The first kappa shape index (κ1) is 9.02. The summed E-state index contributed by atoms with van der Waals surface area (Å²) in [5.41, 5.74) is 6.91. The van der Waals surface area contributed by atoms with Gasteiger partial charge < -0.3 is 10.5 Å². The Labute approximate surface area is 85.1 Å². The number of ether oxygens (including phenoxy) is 1. The number of anilines is 1. The molecule has 0 bridgehead atoms. The quantitative estimate of drug-likeness (QED) is 0.576. The van der Waals surface area contributed by atoms with Crippen LogP contribution in [0.2, 0.25) is 0 Å². The number of methoxy groups -OCH3 is 1. The van der Waals surface area contributed by atoms with Crippen molar-refractivity contribution < 1.29 is 9.53 Å². The van der Waals surface area contributed by atoms with Crippen molar-refractivity contribution in [2.75, 3.05) is 12.8 Å². The monoisotopic (exact) mass is 207 g/mol. The number of esters is 1. The van der Waals surface area contributed by atoms with Crippen LogP contribution in [-0.4, -0.2) is 13.1 Å². The van der Waals surface area contributed by atoms with Gasteiger partial charge in [-0.15, -0.1) is 11.3 Å². The van der Waals surface area contributed by atoms with Gasteiger partial charge in [-0.3, -0.25) is 0 Å². The van der Waals surface area contributed by atoms with Crippen LogP contribution >= 0.6 is 11.3 Å². The molecule has 1 heterocycles. The molecule has 0 amide bonds. The maximum absolute atomic E-state index is 11.3. The van der Waals surface area contributed by atoms with Crippen molar-refractivity contribution in [3.63, 3.8) is 0 Å². The maximum Gasteiger partial charge on any atom is 0.337 e. The van der Waals surface area contributed by atoms with E-state index in [-0.39, 0.29) is 5.97 Å². The van der Waals surface area contributed by atoms with Gasteiger partial charge in [0.2, 0.25) is 0 Å². The summed E-state index contributed by atoms with van der Waals surface area (Å²) in [7, 11) is 1.36. The molecule has 0 aliphatic rings. The fourth-order valence-electron chi connectivity index (χ4n) is 1.34. The van der Waals surface area contributed by atoms with E-state index in [1.807, 2.05) is 11.4 Å². The summed E-state index contributed by atoms with van der Waals surface area (Å²) in [6.45, 7) is 0. The van der Waals surface area contributed by atoms with Crippen molar-refractivity contribution in [2.45, 2.75) is 0 Å². The van der Waals surface area contributed by atoms with Crippen LogP contribution in [0.4, 0.5) is 5.69 Å². The number of benzene rings is 1. The fraction of sp³-hybridized carbons (Fsp3) is 0.100. The van der Waals surface area contributed by atoms with Crippen LogP contribution in [0, 0.1) is 0 Å². The Morgan fingerprint density at radius 2 is 2.29 bits per heavy atom. The van der Waals surface area contributed by atoms with Gasteiger partial charge in [-0.2, -0.15) is 0 Å². The largest absolute Gasteiger partial charge is 0.465 e. The summed E-state index contributed by atoms with van der Waals surface area (Å²) < 4.78 is 5.63. The molecule has 0 radical (unpaired) electrons. The lowest BCUT2D eigenvalue weighted by molar-refractivity contribution is 0.0601. The summed E-state index contributed by atoms with van der Waals surface area (Å²) >= 11 is 1.56. The number of hydrogen-bond donors (Lipinski definition) is 1. The number of carbonyl (C=O) groups is 1. The first-order chi connectivity index (χ1) is 6.72. The van der Waals surface area contributed by atoms with Crippen molar-refractivity contribution in [1.82, 2.24) is 0 Å². The summed E-state index contributed by atoms with van der Waals surface area (Å²) in [6, 6.07) is 5.37. The Morgan fingerprint density at radius 3 is 3.00 bits per heavy atom. The molecule has 4 heteroatoms. The number of nitrogen functional groups attached to an aromatic ring is 1. The molecule has 72 valence electrons. The van der Waals surface area contributed by atoms with Crippen molar-refractivity contribution >= 4 is 33.1 Å². The molecular weight excluding hydrogens is 198 g/mol. The highest BCUT2D eigenvalue weighted by Crippen LogP contribution is 2.27. The van der Waals surface area contributed by atoms with Crippen molar-refractivity contribution in [3.8, 4) is 0 Å². The Hall–Kier alpha value is -1.55. The van der Waals surface area contributed by atoms with Crippen LogP contribution < -0.4 is 5.73 Å². The lowest BCUT2D eigenvalue weighted by atomic mass is 10.1. The normalized spacial score (nSPS) is 10.4. The summed E-state index contributed by atoms with van der Waals surface area (Å²) in [4.78, 5) is 11.3. The number of fused-ring (bicyclic) bond motifs is 1. The Kier molecular flexibility index (Phi) is 2.13. The first-order valence-electron chi connectivity index (χ1n) is 4.07. The summed E-state index contributed by atoms with van der Waals surface area (Å²) in [5, 5.41) is 2.94. The first-order valence-corrected chi connectivity index (χ1v) is 4.95. The van der Waals surface area contributed by atoms with Gasteiger partial charge in [0.1, 0.15) is 0 Å². The van der Waals surface area contributed by atoms with Crippen molar-refractivity contribution in [3.05, 3.63) is 29.1 Å². The highest BCUT2D eigenvalue weighted by Gasteiger charge is 2.09. The molecule has 0 saturated heterocycles. The van der Waals surface area contributed by atoms with Crippen LogP contribution in [0.3, 0.4) is 0 Å². The van der Waals surface area contributed by atoms with Crippen LogP contribution in [0.5, 0.6) is 0 Å². The minimum Gasteiger partial charge on any atom is -0.465 e. The summed E-state index contributed by atoms with van der Waals surface area (Å²) in [6.07, 6.45) is 0. The molecule has 1 aromatic carbocycles. The van der Waals surface area contributed by atoms with Crippen molar-refractivity contribution in [1.29, 1.82) is 0 Å². The second-order valence-corrected chi connectivity index (χ2v) is 3.84. The van der Waals surface area contributed by atoms with Crippen LogP contribution in [0.15, 0.2) is 23.6 Å². The zero-order valence-corrected chi connectivity index (χ0v) is 8.43. The van der Waals surface area contributed by atoms with E-state index in [0.717, 1.165) is 10.1 Å². The molecular formula is C10H9NO2S. The standard InChI is InChI=1S/C10H9NO2S/c1-13-10(12)6-4-8(11)7-2-3-14-9(7)5-6/h2-5H,11H2,1H3. The molecule has 2 rings (SSSR count). The summed E-state index contributed by atoms with van der Waals surface area (Å²) in [5.74, 6) is -0.355. The molecule has 0 unspecified atom stereocenters. The smallest absolute Gasteiger partial charge is 0.337 e. The third-order valence-electron chi connectivity index (χ3n) is 2.02.